The Morgan fingerprint density at radius 2 is 1.54 bits per heavy atom. The summed E-state index contributed by atoms with van der Waals surface area (Å²) in [5.74, 6) is -1.00. The van der Waals surface area contributed by atoms with E-state index in [9.17, 15) is 14.0 Å². The summed E-state index contributed by atoms with van der Waals surface area (Å²) in [7, 11) is 0. The molecule has 0 unspecified atom stereocenters. The van der Waals surface area contributed by atoms with E-state index in [2.05, 4.69) is 26.1 Å². The van der Waals surface area contributed by atoms with E-state index >= 15 is 0 Å². The van der Waals surface area contributed by atoms with Gasteiger partial charge < -0.3 is 16.0 Å². The van der Waals surface area contributed by atoms with Crippen LogP contribution in [0.15, 0.2) is 54.6 Å². The number of carbonyl (C=O) groups excluding carboxylic acids is 2. The lowest BCUT2D eigenvalue weighted by atomic mass is 10.2. The van der Waals surface area contributed by atoms with Crippen molar-refractivity contribution in [3.05, 3.63) is 71.0 Å². The van der Waals surface area contributed by atoms with E-state index < -0.39 is 11.7 Å². The van der Waals surface area contributed by atoms with Crippen LogP contribution in [0.2, 0.25) is 5.02 Å². The van der Waals surface area contributed by atoms with Gasteiger partial charge in [-0.2, -0.15) is 0 Å². The predicted octanol–water partition coefficient (Wildman–Crippen LogP) is 4.22. The molecule has 28 heavy (non-hydrogen) atoms. The number of halogens is 2. The summed E-state index contributed by atoms with van der Waals surface area (Å²) in [5, 5.41) is 16.0. The number of amides is 2. The van der Waals surface area contributed by atoms with Crippen LogP contribution in [0.1, 0.15) is 17.3 Å². The fourth-order valence-electron chi connectivity index (χ4n) is 2.35. The van der Waals surface area contributed by atoms with Crippen LogP contribution < -0.4 is 16.0 Å². The van der Waals surface area contributed by atoms with Crippen molar-refractivity contribution in [2.45, 2.75) is 6.92 Å². The maximum absolute atomic E-state index is 13.8. The molecular weight excluding hydrogens is 385 g/mol. The fourth-order valence-corrected chi connectivity index (χ4v) is 2.60. The quantitative estimate of drug-likeness (QED) is 0.596. The molecule has 0 radical (unpaired) electrons. The van der Waals surface area contributed by atoms with Crippen molar-refractivity contribution in [2.75, 3.05) is 16.0 Å². The monoisotopic (exact) mass is 399 g/mol. The Kier molecular flexibility index (Phi) is 5.81. The molecule has 1 heterocycles. The van der Waals surface area contributed by atoms with E-state index in [4.69, 9.17) is 11.6 Å². The van der Waals surface area contributed by atoms with E-state index in [-0.39, 0.29) is 22.3 Å². The maximum Gasteiger partial charge on any atom is 0.261 e. The van der Waals surface area contributed by atoms with Crippen LogP contribution in [0.4, 0.5) is 27.4 Å². The average molecular weight is 400 g/mol. The number of aromatic nitrogens is 2. The number of nitrogens with zero attached hydrogens (tertiary/aromatic N) is 2. The second-order valence-electron chi connectivity index (χ2n) is 5.74. The van der Waals surface area contributed by atoms with Crippen molar-refractivity contribution < 1.29 is 14.0 Å². The molecule has 1 aromatic heterocycles. The second-order valence-corrected chi connectivity index (χ2v) is 6.15. The highest BCUT2D eigenvalue weighted by atomic mass is 35.5. The van der Waals surface area contributed by atoms with Crippen LogP contribution in [-0.4, -0.2) is 22.0 Å². The second kappa shape index (κ2) is 8.45. The first-order chi connectivity index (χ1) is 13.4. The van der Waals surface area contributed by atoms with Gasteiger partial charge in [0.25, 0.3) is 5.91 Å². The molecule has 0 atom stereocenters. The highest BCUT2D eigenvalue weighted by Crippen LogP contribution is 2.21. The third kappa shape index (κ3) is 4.80. The van der Waals surface area contributed by atoms with Crippen LogP contribution >= 0.6 is 11.6 Å². The van der Waals surface area contributed by atoms with Crippen molar-refractivity contribution in [2.24, 2.45) is 0 Å². The van der Waals surface area contributed by atoms with E-state index in [1.165, 1.54) is 25.1 Å². The summed E-state index contributed by atoms with van der Waals surface area (Å²) < 4.78 is 13.8. The number of hydrogen-bond donors (Lipinski definition) is 3. The Hall–Kier alpha value is -3.52. The van der Waals surface area contributed by atoms with E-state index in [0.29, 0.717) is 11.5 Å². The van der Waals surface area contributed by atoms with Gasteiger partial charge in [-0.3, -0.25) is 9.59 Å². The van der Waals surface area contributed by atoms with Gasteiger partial charge in [-0.05, 0) is 48.5 Å². The maximum atomic E-state index is 13.8. The molecule has 3 N–H and O–H groups in total. The number of nitrogens with one attached hydrogen (secondary N) is 3. The van der Waals surface area contributed by atoms with E-state index in [1.54, 1.807) is 30.3 Å². The van der Waals surface area contributed by atoms with Gasteiger partial charge in [0.2, 0.25) is 5.91 Å². The summed E-state index contributed by atoms with van der Waals surface area (Å²) in [6.07, 6.45) is 0. The Morgan fingerprint density at radius 3 is 2.14 bits per heavy atom. The Bertz CT molecular complexity index is 990. The number of carbonyl (C=O) groups is 2. The first-order valence-corrected chi connectivity index (χ1v) is 8.54. The molecule has 2 amide bonds. The van der Waals surface area contributed by atoms with E-state index in [1.807, 2.05) is 0 Å². The molecule has 7 nitrogen and oxygen atoms in total. The summed E-state index contributed by atoms with van der Waals surface area (Å²) in [5.41, 5.74) is 1.15. The Balaban J connectivity index is 1.65. The molecule has 3 aromatic rings. The molecule has 0 aliphatic heterocycles. The molecule has 0 spiro atoms. The minimum Gasteiger partial charge on any atom is -0.339 e. The van der Waals surface area contributed by atoms with Crippen LogP contribution in [0, 0.1) is 5.82 Å². The first kappa shape index (κ1) is 19.2. The normalized spacial score (nSPS) is 10.2. The van der Waals surface area contributed by atoms with Crippen molar-refractivity contribution in [3.8, 4) is 0 Å². The molecule has 142 valence electrons. The number of rotatable bonds is 5. The molecule has 2 aromatic carbocycles. The largest absolute Gasteiger partial charge is 0.339 e. The lowest BCUT2D eigenvalue weighted by Gasteiger charge is -2.09. The lowest BCUT2D eigenvalue weighted by Crippen LogP contribution is -2.15. The topological polar surface area (TPSA) is 96.0 Å². The van der Waals surface area contributed by atoms with Crippen molar-refractivity contribution in [3.63, 3.8) is 0 Å². The molecule has 0 aliphatic rings. The molecular formula is C19H15ClFN5O2. The van der Waals surface area contributed by atoms with Gasteiger partial charge in [-0.15, -0.1) is 10.2 Å². The van der Waals surface area contributed by atoms with Crippen LogP contribution in [0.3, 0.4) is 0 Å². The summed E-state index contributed by atoms with van der Waals surface area (Å²) in [6.45, 7) is 1.43. The van der Waals surface area contributed by atoms with Crippen LogP contribution in [0.25, 0.3) is 0 Å². The zero-order valence-electron chi connectivity index (χ0n) is 14.7. The molecule has 3 rings (SSSR count). The minimum atomic E-state index is -0.723. The van der Waals surface area contributed by atoms with Crippen molar-refractivity contribution >= 4 is 46.4 Å². The Labute approximate surface area is 164 Å². The van der Waals surface area contributed by atoms with Crippen LogP contribution in [-0.2, 0) is 4.79 Å². The highest BCUT2D eigenvalue weighted by molar-refractivity contribution is 6.34. The highest BCUT2D eigenvalue weighted by Gasteiger charge is 2.16. The lowest BCUT2D eigenvalue weighted by molar-refractivity contribution is -0.114. The predicted molar refractivity (Wildman–Crippen MR) is 105 cm³/mol. The Morgan fingerprint density at radius 1 is 0.893 bits per heavy atom. The van der Waals surface area contributed by atoms with Crippen molar-refractivity contribution in [1.29, 1.82) is 0 Å². The number of hydrogen-bond acceptors (Lipinski definition) is 5. The average Bonchev–Trinajstić information content (AvgIpc) is 2.64. The molecule has 0 saturated carbocycles. The standard InChI is InChI=1S/C19H15ClFN5O2/c1-11(27)22-12-5-7-13(8-6-12)23-16-9-10-17(26-25-16)24-19(28)18-14(20)3-2-4-15(18)21/h2-10H,1H3,(H,22,27)(H,23,25)(H,24,26,28). The molecule has 9 heteroatoms. The molecule has 0 fully saturated rings. The smallest absolute Gasteiger partial charge is 0.261 e. The van der Waals surface area contributed by atoms with Gasteiger partial charge >= 0.3 is 0 Å². The van der Waals surface area contributed by atoms with Crippen LogP contribution in [0.5, 0.6) is 0 Å². The fraction of sp³-hybridized carbons (Fsp3) is 0.0526. The first-order valence-electron chi connectivity index (χ1n) is 8.16. The zero-order chi connectivity index (χ0) is 20.1. The van der Waals surface area contributed by atoms with E-state index in [0.717, 1.165) is 11.8 Å². The summed E-state index contributed by atoms with van der Waals surface area (Å²) >= 11 is 5.87. The third-order valence-corrected chi connectivity index (χ3v) is 3.89. The number of anilines is 4. The van der Waals surface area contributed by atoms with Gasteiger partial charge in [0.1, 0.15) is 5.82 Å². The van der Waals surface area contributed by atoms with Gasteiger partial charge in [0.15, 0.2) is 11.6 Å². The van der Waals surface area contributed by atoms with Gasteiger partial charge in [-0.1, -0.05) is 17.7 Å². The van der Waals surface area contributed by atoms with Gasteiger partial charge in [0, 0.05) is 18.3 Å². The summed E-state index contributed by atoms with van der Waals surface area (Å²) in [4.78, 5) is 23.2. The van der Waals surface area contributed by atoms with Crippen molar-refractivity contribution in [1.82, 2.24) is 10.2 Å². The molecule has 0 bridgehead atoms. The summed E-state index contributed by atoms with van der Waals surface area (Å²) in [6, 6.07) is 14.1. The molecule has 0 saturated heterocycles. The van der Waals surface area contributed by atoms with Gasteiger partial charge in [-0.25, -0.2) is 4.39 Å². The molecule has 0 aliphatic carbocycles. The van der Waals surface area contributed by atoms with Gasteiger partial charge in [0.05, 0.1) is 10.6 Å². The minimum absolute atomic E-state index is 0.00598. The third-order valence-electron chi connectivity index (χ3n) is 3.57. The SMILES string of the molecule is CC(=O)Nc1ccc(Nc2ccc(NC(=O)c3c(F)cccc3Cl)nn2)cc1. The zero-order valence-corrected chi connectivity index (χ0v) is 15.4. The number of benzene rings is 2.